The van der Waals surface area contributed by atoms with Crippen LogP contribution in [0.25, 0.3) is 0 Å². The van der Waals surface area contributed by atoms with Gasteiger partial charge in [-0.3, -0.25) is 0 Å². The van der Waals surface area contributed by atoms with Crippen molar-refractivity contribution < 1.29 is 18.3 Å². The van der Waals surface area contributed by atoms with Crippen molar-refractivity contribution in [2.24, 2.45) is 0 Å². The lowest BCUT2D eigenvalue weighted by atomic mass is 10.2. The van der Waals surface area contributed by atoms with Crippen molar-refractivity contribution in [1.82, 2.24) is 10.2 Å². The van der Waals surface area contributed by atoms with Crippen LogP contribution in [0.3, 0.4) is 0 Å². The van der Waals surface area contributed by atoms with E-state index in [4.69, 9.17) is 4.74 Å². The normalized spacial score (nSPS) is 10.7. The van der Waals surface area contributed by atoms with Gasteiger partial charge in [-0.2, -0.15) is 0 Å². The molecule has 4 nitrogen and oxygen atoms in total. The van der Waals surface area contributed by atoms with Gasteiger partial charge in [0.2, 0.25) is 0 Å². The van der Waals surface area contributed by atoms with Crippen LogP contribution in [0.1, 0.15) is 10.4 Å². The molecule has 0 aliphatic carbocycles. The van der Waals surface area contributed by atoms with Crippen LogP contribution in [0.2, 0.25) is 0 Å². The summed E-state index contributed by atoms with van der Waals surface area (Å²) in [6.45, 7) is 0.164. The Kier molecular flexibility index (Phi) is 6.99. The summed E-state index contributed by atoms with van der Waals surface area (Å²) >= 11 is 4.96. The standard InChI is InChI=1S/C16H17BrF2N2O2S/c1-21(9-13-5-6-14(17)24-13)16(22)20-8-11-3-2-4-12(7-11)23-10-15(18)19/h2-7,15H,8-10H2,1H3,(H,20,22). The summed E-state index contributed by atoms with van der Waals surface area (Å²) in [4.78, 5) is 14.8. The maximum Gasteiger partial charge on any atom is 0.317 e. The predicted molar refractivity (Wildman–Crippen MR) is 93.7 cm³/mol. The zero-order valence-electron chi connectivity index (χ0n) is 13.0. The molecule has 0 aliphatic heterocycles. The lowest BCUT2D eigenvalue weighted by molar-refractivity contribution is 0.0818. The Hall–Kier alpha value is -1.67. The SMILES string of the molecule is CN(Cc1ccc(Br)s1)C(=O)NCc1cccc(OCC(F)F)c1. The molecule has 0 aliphatic rings. The first-order valence-electron chi connectivity index (χ1n) is 7.17. The number of alkyl halides is 2. The van der Waals surface area contributed by atoms with Gasteiger partial charge in [0.15, 0.2) is 0 Å². The van der Waals surface area contributed by atoms with Gasteiger partial charge in [0.25, 0.3) is 6.43 Å². The molecule has 1 heterocycles. The number of ether oxygens (including phenoxy) is 1. The average molecular weight is 419 g/mol. The van der Waals surface area contributed by atoms with E-state index >= 15 is 0 Å². The summed E-state index contributed by atoms with van der Waals surface area (Å²) < 4.78 is 30.3. The average Bonchev–Trinajstić information content (AvgIpc) is 2.96. The number of thiophene rings is 1. The minimum Gasteiger partial charge on any atom is -0.488 e. The minimum atomic E-state index is -2.51. The Morgan fingerprint density at radius 1 is 1.38 bits per heavy atom. The molecule has 2 rings (SSSR count). The number of carbonyl (C=O) groups is 1. The van der Waals surface area contributed by atoms with Crippen molar-refractivity contribution in [3.63, 3.8) is 0 Å². The van der Waals surface area contributed by atoms with E-state index in [2.05, 4.69) is 21.2 Å². The molecule has 8 heteroatoms. The van der Waals surface area contributed by atoms with Crippen molar-refractivity contribution in [3.8, 4) is 5.75 Å². The molecule has 1 aromatic heterocycles. The summed E-state index contributed by atoms with van der Waals surface area (Å²) in [7, 11) is 1.71. The van der Waals surface area contributed by atoms with Gasteiger partial charge >= 0.3 is 6.03 Å². The van der Waals surface area contributed by atoms with Crippen LogP contribution in [0.15, 0.2) is 40.2 Å². The van der Waals surface area contributed by atoms with Crippen LogP contribution in [-0.4, -0.2) is 31.0 Å². The van der Waals surface area contributed by atoms with Crippen LogP contribution in [0.5, 0.6) is 5.75 Å². The van der Waals surface area contributed by atoms with Crippen molar-refractivity contribution in [2.45, 2.75) is 19.5 Å². The first kappa shape index (κ1) is 18.7. The number of nitrogens with zero attached hydrogens (tertiary/aromatic N) is 1. The van der Waals surface area contributed by atoms with E-state index < -0.39 is 13.0 Å². The van der Waals surface area contributed by atoms with Crippen molar-refractivity contribution in [1.29, 1.82) is 0 Å². The predicted octanol–water partition coefficient (Wildman–Crippen LogP) is 4.50. The molecule has 130 valence electrons. The zero-order valence-corrected chi connectivity index (χ0v) is 15.4. The van der Waals surface area contributed by atoms with Gasteiger partial charge in [0, 0.05) is 18.5 Å². The van der Waals surface area contributed by atoms with Gasteiger partial charge in [-0.25, -0.2) is 13.6 Å². The van der Waals surface area contributed by atoms with Gasteiger partial charge in [-0.05, 0) is 45.8 Å². The second-order valence-electron chi connectivity index (χ2n) is 5.07. The van der Waals surface area contributed by atoms with E-state index in [9.17, 15) is 13.6 Å². The van der Waals surface area contributed by atoms with E-state index in [1.165, 1.54) is 0 Å². The lowest BCUT2D eigenvalue weighted by Gasteiger charge is -2.17. The maximum atomic E-state index is 12.2. The summed E-state index contributed by atoms with van der Waals surface area (Å²) in [6.07, 6.45) is -2.51. The highest BCUT2D eigenvalue weighted by atomic mass is 79.9. The molecule has 0 bridgehead atoms. The third-order valence-electron chi connectivity index (χ3n) is 3.09. The Morgan fingerprint density at radius 2 is 2.17 bits per heavy atom. The molecule has 2 amide bonds. The maximum absolute atomic E-state index is 12.2. The third-order valence-corrected chi connectivity index (χ3v) is 4.70. The highest BCUT2D eigenvalue weighted by Crippen LogP contribution is 2.23. The van der Waals surface area contributed by atoms with E-state index in [1.54, 1.807) is 47.5 Å². The number of urea groups is 1. The zero-order chi connectivity index (χ0) is 17.5. The molecule has 0 saturated heterocycles. The highest BCUT2D eigenvalue weighted by molar-refractivity contribution is 9.11. The third kappa shape index (κ3) is 6.09. The number of rotatable bonds is 7. The van der Waals surface area contributed by atoms with Crippen LogP contribution < -0.4 is 10.1 Å². The monoisotopic (exact) mass is 418 g/mol. The summed E-state index contributed by atoms with van der Waals surface area (Å²) in [5.41, 5.74) is 0.780. The number of carbonyl (C=O) groups excluding carboxylic acids is 1. The first-order valence-corrected chi connectivity index (χ1v) is 8.78. The van der Waals surface area contributed by atoms with E-state index in [1.807, 2.05) is 12.1 Å². The summed E-state index contributed by atoms with van der Waals surface area (Å²) in [5.74, 6) is 0.360. The number of benzene rings is 1. The fourth-order valence-electron chi connectivity index (χ4n) is 1.96. The molecule has 0 saturated carbocycles. The van der Waals surface area contributed by atoms with Gasteiger partial charge in [-0.1, -0.05) is 12.1 Å². The van der Waals surface area contributed by atoms with Crippen LogP contribution in [0.4, 0.5) is 13.6 Å². The molecule has 1 N–H and O–H groups in total. The fraction of sp³-hybridized carbons (Fsp3) is 0.312. The highest BCUT2D eigenvalue weighted by Gasteiger charge is 2.10. The van der Waals surface area contributed by atoms with Crippen molar-refractivity contribution >= 4 is 33.3 Å². The Balaban J connectivity index is 1.83. The quantitative estimate of drug-likeness (QED) is 0.719. The number of nitrogens with one attached hydrogen (secondary N) is 1. The fourth-order valence-corrected chi connectivity index (χ4v) is 3.50. The second-order valence-corrected chi connectivity index (χ2v) is 7.62. The molecular formula is C16H17BrF2N2O2S. The van der Waals surface area contributed by atoms with E-state index in [-0.39, 0.29) is 6.03 Å². The number of halogens is 3. The Labute approximate surface area is 151 Å². The van der Waals surface area contributed by atoms with Crippen molar-refractivity contribution in [3.05, 3.63) is 50.6 Å². The van der Waals surface area contributed by atoms with Crippen LogP contribution in [0, 0.1) is 0 Å². The molecule has 0 atom stereocenters. The van der Waals surface area contributed by atoms with Gasteiger partial charge in [0.1, 0.15) is 12.4 Å². The van der Waals surface area contributed by atoms with Gasteiger partial charge in [-0.15, -0.1) is 11.3 Å². The minimum absolute atomic E-state index is 0.210. The number of hydrogen-bond donors (Lipinski definition) is 1. The number of amides is 2. The smallest absolute Gasteiger partial charge is 0.317 e. The Morgan fingerprint density at radius 3 is 2.83 bits per heavy atom. The molecule has 1 aromatic carbocycles. The Bertz CT molecular complexity index is 682. The van der Waals surface area contributed by atoms with E-state index in [0.29, 0.717) is 18.8 Å². The topological polar surface area (TPSA) is 41.6 Å². The summed E-state index contributed by atoms with van der Waals surface area (Å²) in [5, 5.41) is 2.79. The second kappa shape index (κ2) is 8.98. The summed E-state index contributed by atoms with van der Waals surface area (Å²) in [6, 6.07) is 10.4. The molecule has 0 radical (unpaired) electrons. The largest absolute Gasteiger partial charge is 0.488 e. The molecule has 2 aromatic rings. The van der Waals surface area contributed by atoms with E-state index in [0.717, 1.165) is 14.2 Å². The molecule has 0 fully saturated rings. The van der Waals surface area contributed by atoms with Crippen LogP contribution >= 0.6 is 27.3 Å². The molecular weight excluding hydrogens is 402 g/mol. The van der Waals surface area contributed by atoms with Gasteiger partial charge < -0.3 is 15.0 Å². The van der Waals surface area contributed by atoms with Crippen molar-refractivity contribution in [2.75, 3.05) is 13.7 Å². The molecule has 24 heavy (non-hydrogen) atoms. The van der Waals surface area contributed by atoms with Crippen LogP contribution in [-0.2, 0) is 13.1 Å². The molecule has 0 unspecified atom stereocenters. The lowest BCUT2D eigenvalue weighted by Crippen LogP contribution is -2.36. The number of hydrogen-bond acceptors (Lipinski definition) is 3. The first-order chi connectivity index (χ1) is 11.4. The van der Waals surface area contributed by atoms with Gasteiger partial charge in [0.05, 0.1) is 10.3 Å². The molecule has 0 spiro atoms.